The van der Waals surface area contributed by atoms with Crippen molar-refractivity contribution >= 4 is 44.8 Å². The highest BCUT2D eigenvalue weighted by molar-refractivity contribution is 9.10. The Morgan fingerprint density at radius 3 is 2.55 bits per heavy atom. The molecule has 0 radical (unpaired) electrons. The van der Waals surface area contributed by atoms with E-state index in [2.05, 4.69) is 21.2 Å². The second-order valence-electron chi connectivity index (χ2n) is 3.94. The van der Waals surface area contributed by atoms with E-state index in [-0.39, 0.29) is 20.7 Å². The molecular formula is C13H8BrClF2N2O. The van der Waals surface area contributed by atoms with Crippen molar-refractivity contribution in [2.45, 2.75) is 0 Å². The molecule has 0 fully saturated rings. The zero-order chi connectivity index (χ0) is 14.9. The van der Waals surface area contributed by atoms with Crippen LogP contribution in [0.25, 0.3) is 0 Å². The van der Waals surface area contributed by atoms with Crippen LogP contribution in [-0.2, 0) is 0 Å². The van der Waals surface area contributed by atoms with Crippen molar-refractivity contribution in [3.05, 3.63) is 57.0 Å². The number of halogens is 4. The van der Waals surface area contributed by atoms with Crippen LogP contribution in [0.4, 0.5) is 20.2 Å². The first-order valence-corrected chi connectivity index (χ1v) is 6.56. The summed E-state index contributed by atoms with van der Waals surface area (Å²) in [7, 11) is 0. The van der Waals surface area contributed by atoms with E-state index in [9.17, 15) is 13.6 Å². The highest BCUT2D eigenvalue weighted by atomic mass is 79.9. The number of hydrogen-bond acceptors (Lipinski definition) is 2. The van der Waals surface area contributed by atoms with Crippen molar-refractivity contribution in [1.82, 2.24) is 0 Å². The Balaban J connectivity index is 2.30. The third-order valence-corrected chi connectivity index (χ3v) is 3.42. The monoisotopic (exact) mass is 360 g/mol. The minimum absolute atomic E-state index is 0.0394. The summed E-state index contributed by atoms with van der Waals surface area (Å²) in [6.07, 6.45) is 0. The van der Waals surface area contributed by atoms with E-state index in [4.69, 9.17) is 17.3 Å². The molecule has 0 atom stereocenters. The molecule has 0 spiro atoms. The lowest BCUT2D eigenvalue weighted by Crippen LogP contribution is -2.14. The average Bonchev–Trinajstić information content (AvgIpc) is 2.35. The second-order valence-corrected chi connectivity index (χ2v) is 5.20. The molecule has 0 aliphatic heterocycles. The van der Waals surface area contributed by atoms with Gasteiger partial charge in [0, 0.05) is 11.8 Å². The molecule has 3 nitrogen and oxygen atoms in total. The number of anilines is 2. The van der Waals surface area contributed by atoms with Gasteiger partial charge in [0.15, 0.2) is 0 Å². The van der Waals surface area contributed by atoms with Crippen LogP contribution in [0.15, 0.2) is 34.8 Å². The smallest absolute Gasteiger partial charge is 0.257 e. The van der Waals surface area contributed by atoms with Gasteiger partial charge in [0.05, 0.1) is 20.7 Å². The molecule has 0 saturated heterocycles. The van der Waals surface area contributed by atoms with Gasteiger partial charge in [-0.05, 0) is 40.2 Å². The van der Waals surface area contributed by atoms with E-state index in [0.29, 0.717) is 11.8 Å². The Bertz CT molecular complexity index is 694. The fourth-order valence-electron chi connectivity index (χ4n) is 1.52. The maximum atomic E-state index is 13.5. The molecule has 2 aromatic rings. The summed E-state index contributed by atoms with van der Waals surface area (Å²) in [6.45, 7) is 0. The van der Waals surface area contributed by atoms with Gasteiger partial charge in [-0.1, -0.05) is 11.6 Å². The molecule has 2 aromatic carbocycles. The van der Waals surface area contributed by atoms with E-state index in [1.807, 2.05) is 0 Å². The summed E-state index contributed by atoms with van der Waals surface area (Å²) < 4.78 is 26.7. The molecule has 2 rings (SSSR count). The Morgan fingerprint density at radius 1 is 1.20 bits per heavy atom. The third-order valence-electron chi connectivity index (χ3n) is 2.50. The molecule has 0 aromatic heterocycles. The first-order valence-electron chi connectivity index (χ1n) is 5.39. The minimum atomic E-state index is -0.884. The molecule has 7 heteroatoms. The van der Waals surface area contributed by atoms with Gasteiger partial charge in [0.2, 0.25) is 0 Å². The summed E-state index contributed by atoms with van der Waals surface area (Å²) >= 11 is 8.80. The quantitative estimate of drug-likeness (QED) is 0.622. The second kappa shape index (κ2) is 5.76. The maximum absolute atomic E-state index is 13.5. The molecule has 0 bridgehead atoms. The number of carbonyl (C=O) groups is 1. The first kappa shape index (κ1) is 14.7. The van der Waals surface area contributed by atoms with Crippen LogP contribution >= 0.6 is 27.5 Å². The van der Waals surface area contributed by atoms with Crippen LogP contribution in [0.2, 0.25) is 5.02 Å². The van der Waals surface area contributed by atoms with E-state index in [0.717, 1.165) is 6.07 Å². The largest absolute Gasteiger partial charge is 0.399 e. The Kier molecular flexibility index (Phi) is 4.25. The Labute approximate surface area is 126 Å². The fraction of sp³-hybridized carbons (Fsp3) is 0. The minimum Gasteiger partial charge on any atom is -0.399 e. The normalized spacial score (nSPS) is 10.4. The number of carbonyl (C=O) groups excluding carboxylic acids is 1. The molecule has 0 saturated carbocycles. The zero-order valence-corrected chi connectivity index (χ0v) is 12.2. The summed E-state index contributed by atoms with van der Waals surface area (Å²) in [5.41, 5.74) is 5.90. The van der Waals surface area contributed by atoms with E-state index >= 15 is 0 Å². The summed E-state index contributed by atoms with van der Waals surface area (Å²) in [5, 5.41) is 2.46. The predicted octanol–water partition coefficient (Wildman–Crippen LogP) is 4.22. The van der Waals surface area contributed by atoms with Gasteiger partial charge in [-0.15, -0.1) is 0 Å². The number of hydrogen-bond donors (Lipinski definition) is 2. The number of nitrogen functional groups attached to an aromatic ring is 1. The van der Waals surface area contributed by atoms with Crippen LogP contribution < -0.4 is 11.1 Å². The molecule has 0 heterocycles. The summed E-state index contributed by atoms with van der Waals surface area (Å²) in [4.78, 5) is 12.0. The molecule has 104 valence electrons. The number of benzene rings is 2. The number of nitrogens with one attached hydrogen (secondary N) is 1. The average molecular weight is 362 g/mol. The highest BCUT2D eigenvalue weighted by Crippen LogP contribution is 2.25. The van der Waals surface area contributed by atoms with Gasteiger partial charge < -0.3 is 11.1 Å². The lowest BCUT2D eigenvalue weighted by atomic mass is 10.2. The van der Waals surface area contributed by atoms with Gasteiger partial charge in [-0.3, -0.25) is 4.79 Å². The topological polar surface area (TPSA) is 55.1 Å². The van der Waals surface area contributed by atoms with Crippen molar-refractivity contribution in [2.75, 3.05) is 11.1 Å². The number of rotatable bonds is 2. The van der Waals surface area contributed by atoms with Crippen molar-refractivity contribution in [3.8, 4) is 0 Å². The molecule has 3 N–H and O–H groups in total. The van der Waals surface area contributed by atoms with E-state index in [1.165, 1.54) is 18.2 Å². The highest BCUT2D eigenvalue weighted by Gasteiger charge is 2.14. The van der Waals surface area contributed by atoms with Gasteiger partial charge in [-0.25, -0.2) is 8.78 Å². The molecule has 20 heavy (non-hydrogen) atoms. The van der Waals surface area contributed by atoms with Crippen molar-refractivity contribution in [2.24, 2.45) is 0 Å². The Morgan fingerprint density at radius 2 is 1.90 bits per heavy atom. The predicted molar refractivity (Wildman–Crippen MR) is 77.9 cm³/mol. The molecular weight excluding hydrogens is 354 g/mol. The van der Waals surface area contributed by atoms with Gasteiger partial charge in [-0.2, -0.15) is 0 Å². The van der Waals surface area contributed by atoms with Gasteiger partial charge >= 0.3 is 0 Å². The molecule has 0 aliphatic carbocycles. The zero-order valence-electron chi connectivity index (χ0n) is 9.88. The first-order chi connectivity index (χ1) is 9.38. The SMILES string of the molecule is Nc1ccc(C(=O)Nc2cc(Br)c(F)cc2F)c(Cl)c1. The van der Waals surface area contributed by atoms with E-state index in [1.54, 1.807) is 0 Å². The van der Waals surface area contributed by atoms with Crippen molar-refractivity contribution in [1.29, 1.82) is 0 Å². The van der Waals surface area contributed by atoms with Crippen LogP contribution in [0, 0.1) is 11.6 Å². The van der Waals surface area contributed by atoms with Crippen molar-refractivity contribution < 1.29 is 13.6 Å². The fourth-order valence-corrected chi connectivity index (χ4v) is 2.14. The molecule has 0 unspecified atom stereocenters. The lowest BCUT2D eigenvalue weighted by Gasteiger charge is -2.09. The number of amides is 1. The van der Waals surface area contributed by atoms with Crippen molar-refractivity contribution in [3.63, 3.8) is 0 Å². The summed E-state index contributed by atoms with van der Waals surface area (Å²) in [6, 6.07) is 6.13. The van der Waals surface area contributed by atoms with E-state index < -0.39 is 17.5 Å². The Hall–Kier alpha value is -1.66. The molecule has 0 aliphatic rings. The van der Waals surface area contributed by atoms with Crippen LogP contribution in [0.1, 0.15) is 10.4 Å². The maximum Gasteiger partial charge on any atom is 0.257 e. The molecule has 1 amide bonds. The van der Waals surface area contributed by atoms with Crippen LogP contribution in [-0.4, -0.2) is 5.91 Å². The third kappa shape index (κ3) is 3.08. The van der Waals surface area contributed by atoms with Crippen LogP contribution in [0.5, 0.6) is 0 Å². The summed E-state index contributed by atoms with van der Waals surface area (Å²) in [5.74, 6) is -2.26. The van der Waals surface area contributed by atoms with Gasteiger partial charge in [0.25, 0.3) is 5.91 Å². The number of nitrogens with two attached hydrogens (primary N) is 1. The van der Waals surface area contributed by atoms with Gasteiger partial charge in [0.1, 0.15) is 11.6 Å². The lowest BCUT2D eigenvalue weighted by molar-refractivity contribution is 0.102. The van der Waals surface area contributed by atoms with Crippen LogP contribution in [0.3, 0.4) is 0 Å². The standard InChI is InChI=1S/C13H8BrClF2N2O/c14-8-4-12(11(17)5-10(8)16)19-13(20)7-2-1-6(18)3-9(7)15/h1-5H,18H2,(H,19,20).